The van der Waals surface area contributed by atoms with E-state index in [1.807, 2.05) is 18.2 Å². The van der Waals surface area contributed by atoms with Crippen molar-refractivity contribution in [3.8, 4) is 5.75 Å². The Morgan fingerprint density at radius 1 is 1.37 bits per heavy atom. The highest BCUT2D eigenvalue weighted by atomic mass is 35.5. The molecule has 104 valence electrons. The molecule has 1 amide bonds. The fourth-order valence-corrected chi connectivity index (χ4v) is 2.40. The third-order valence-corrected chi connectivity index (χ3v) is 3.54. The molecule has 0 atom stereocenters. The monoisotopic (exact) mass is 282 g/mol. The molecule has 0 aliphatic carbocycles. The first-order valence-corrected chi connectivity index (χ1v) is 7.07. The van der Waals surface area contributed by atoms with Gasteiger partial charge in [-0.15, -0.1) is 11.6 Å². The maximum Gasteiger partial charge on any atom is 0.239 e. The van der Waals surface area contributed by atoms with Gasteiger partial charge in [-0.25, -0.2) is 0 Å². The van der Waals surface area contributed by atoms with E-state index >= 15 is 0 Å². The van der Waals surface area contributed by atoms with Crippen molar-refractivity contribution >= 4 is 28.9 Å². The van der Waals surface area contributed by atoms with Crippen molar-refractivity contribution in [2.45, 2.75) is 19.3 Å². The standard InChI is InChI=1S/C14H19ClN2O2/c1-19-11-5-6-13(17-7-3-2-4-8-17)12(9-11)16-14(18)10-15/h5-6,9H,2-4,7-8,10H2,1H3,(H,16,18). The number of hydrogen-bond donors (Lipinski definition) is 1. The predicted octanol–water partition coefficient (Wildman–Crippen LogP) is 2.86. The van der Waals surface area contributed by atoms with Crippen LogP contribution in [0.25, 0.3) is 0 Å². The summed E-state index contributed by atoms with van der Waals surface area (Å²) in [7, 11) is 1.61. The third kappa shape index (κ3) is 3.53. The smallest absolute Gasteiger partial charge is 0.239 e. The van der Waals surface area contributed by atoms with E-state index in [0.717, 1.165) is 30.2 Å². The predicted molar refractivity (Wildman–Crippen MR) is 78.4 cm³/mol. The Kier molecular flexibility index (Phi) is 4.91. The summed E-state index contributed by atoms with van der Waals surface area (Å²) in [6, 6.07) is 5.75. The van der Waals surface area contributed by atoms with Crippen LogP contribution in [0.1, 0.15) is 19.3 Å². The van der Waals surface area contributed by atoms with Crippen LogP contribution in [0.5, 0.6) is 5.75 Å². The van der Waals surface area contributed by atoms with E-state index in [2.05, 4.69) is 10.2 Å². The largest absolute Gasteiger partial charge is 0.497 e. The number of carbonyl (C=O) groups excluding carboxylic acids is 1. The number of nitrogens with zero attached hydrogens (tertiary/aromatic N) is 1. The molecule has 0 aromatic heterocycles. The molecule has 1 saturated heterocycles. The van der Waals surface area contributed by atoms with Gasteiger partial charge in [0.1, 0.15) is 11.6 Å². The first kappa shape index (κ1) is 14.0. The highest BCUT2D eigenvalue weighted by Crippen LogP contribution is 2.32. The van der Waals surface area contributed by atoms with E-state index in [4.69, 9.17) is 16.3 Å². The van der Waals surface area contributed by atoms with Crippen LogP contribution in [0, 0.1) is 0 Å². The summed E-state index contributed by atoms with van der Waals surface area (Å²) in [5.74, 6) is 0.482. The normalized spacial score (nSPS) is 15.2. The minimum atomic E-state index is -0.201. The topological polar surface area (TPSA) is 41.6 Å². The zero-order valence-electron chi connectivity index (χ0n) is 11.1. The van der Waals surface area contributed by atoms with Crippen LogP contribution >= 0.6 is 11.6 Å². The summed E-state index contributed by atoms with van der Waals surface area (Å²) < 4.78 is 5.21. The molecule has 19 heavy (non-hydrogen) atoms. The second-order valence-corrected chi connectivity index (χ2v) is 4.88. The van der Waals surface area contributed by atoms with Gasteiger partial charge in [0.05, 0.1) is 18.5 Å². The number of amides is 1. The molecule has 1 aliphatic rings. The van der Waals surface area contributed by atoms with Gasteiger partial charge in [0, 0.05) is 19.2 Å². The van der Waals surface area contributed by atoms with Gasteiger partial charge >= 0.3 is 0 Å². The third-order valence-electron chi connectivity index (χ3n) is 3.30. The van der Waals surface area contributed by atoms with Crippen LogP contribution in [0.4, 0.5) is 11.4 Å². The second kappa shape index (κ2) is 6.66. The number of ether oxygens (including phenoxy) is 1. The molecular formula is C14H19ClN2O2. The van der Waals surface area contributed by atoms with E-state index in [0.29, 0.717) is 0 Å². The molecule has 1 fully saturated rings. The van der Waals surface area contributed by atoms with Crippen LogP contribution in [0.15, 0.2) is 18.2 Å². The van der Waals surface area contributed by atoms with Gasteiger partial charge in [-0.05, 0) is 31.4 Å². The lowest BCUT2D eigenvalue weighted by Crippen LogP contribution is -2.30. The van der Waals surface area contributed by atoms with Gasteiger partial charge in [-0.2, -0.15) is 0 Å². The Labute approximate surface area is 118 Å². The highest BCUT2D eigenvalue weighted by molar-refractivity contribution is 6.29. The Morgan fingerprint density at radius 2 is 2.11 bits per heavy atom. The second-order valence-electron chi connectivity index (χ2n) is 4.61. The van der Waals surface area contributed by atoms with Gasteiger partial charge in [0.2, 0.25) is 5.91 Å². The molecule has 0 saturated carbocycles. The lowest BCUT2D eigenvalue weighted by molar-refractivity contribution is -0.113. The number of piperidine rings is 1. The Balaban J connectivity index is 2.26. The molecule has 1 aromatic rings. The Hall–Kier alpha value is -1.42. The maximum atomic E-state index is 11.5. The van der Waals surface area contributed by atoms with E-state index in [-0.39, 0.29) is 11.8 Å². The molecule has 1 N–H and O–H groups in total. The number of hydrogen-bond acceptors (Lipinski definition) is 3. The molecule has 0 bridgehead atoms. The quantitative estimate of drug-likeness (QED) is 0.864. The highest BCUT2D eigenvalue weighted by Gasteiger charge is 2.16. The summed E-state index contributed by atoms with van der Waals surface area (Å²) >= 11 is 5.56. The molecule has 5 heteroatoms. The van der Waals surface area contributed by atoms with Crippen LogP contribution in [0.2, 0.25) is 0 Å². The summed E-state index contributed by atoms with van der Waals surface area (Å²) in [6.45, 7) is 2.05. The molecule has 1 aromatic carbocycles. The lowest BCUT2D eigenvalue weighted by atomic mass is 10.1. The molecule has 1 heterocycles. The van der Waals surface area contributed by atoms with E-state index in [1.165, 1.54) is 19.3 Å². The zero-order valence-corrected chi connectivity index (χ0v) is 11.9. The molecule has 0 unspecified atom stereocenters. The summed E-state index contributed by atoms with van der Waals surface area (Å²) in [5, 5.41) is 2.84. The number of anilines is 2. The number of methoxy groups -OCH3 is 1. The van der Waals surface area contributed by atoms with Crippen molar-refractivity contribution in [2.24, 2.45) is 0 Å². The first-order chi connectivity index (χ1) is 9.24. The minimum absolute atomic E-state index is 0.0450. The number of rotatable bonds is 4. The van der Waals surface area contributed by atoms with Crippen molar-refractivity contribution < 1.29 is 9.53 Å². The fourth-order valence-electron chi connectivity index (χ4n) is 2.34. The van der Waals surface area contributed by atoms with Crippen LogP contribution in [-0.2, 0) is 4.79 Å². The molecule has 1 aliphatic heterocycles. The van der Waals surface area contributed by atoms with Crippen molar-refractivity contribution in [1.29, 1.82) is 0 Å². The van der Waals surface area contributed by atoms with Gasteiger partial charge in [0.25, 0.3) is 0 Å². The van der Waals surface area contributed by atoms with Crippen LogP contribution < -0.4 is 15.0 Å². The van der Waals surface area contributed by atoms with E-state index in [9.17, 15) is 4.79 Å². The fraction of sp³-hybridized carbons (Fsp3) is 0.500. The van der Waals surface area contributed by atoms with Gasteiger partial charge < -0.3 is 15.0 Å². The maximum absolute atomic E-state index is 11.5. The lowest BCUT2D eigenvalue weighted by Gasteiger charge is -2.30. The summed E-state index contributed by atoms with van der Waals surface area (Å²) in [5.41, 5.74) is 1.81. The number of halogens is 1. The van der Waals surface area contributed by atoms with Crippen molar-refractivity contribution in [2.75, 3.05) is 36.3 Å². The van der Waals surface area contributed by atoms with Crippen LogP contribution in [0.3, 0.4) is 0 Å². The van der Waals surface area contributed by atoms with Crippen LogP contribution in [-0.4, -0.2) is 32.0 Å². The van der Waals surface area contributed by atoms with Crippen molar-refractivity contribution in [1.82, 2.24) is 0 Å². The number of nitrogens with one attached hydrogen (secondary N) is 1. The molecule has 0 radical (unpaired) electrons. The molecule has 4 nitrogen and oxygen atoms in total. The number of carbonyl (C=O) groups is 1. The summed E-state index contributed by atoms with van der Waals surface area (Å²) in [4.78, 5) is 13.8. The minimum Gasteiger partial charge on any atom is -0.497 e. The van der Waals surface area contributed by atoms with Gasteiger partial charge in [0.15, 0.2) is 0 Å². The van der Waals surface area contributed by atoms with Gasteiger partial charge in [-0.1, -0.05) is 0 Å². The molecular weight excluding hydrogens is 264 g/mol. The van der Waals surface area contributed by atoms with Crippen molar-refractivity contribution in [3.05, 3.63) is 18.2 Å². The zero-order chi connectivity index (χ0) is 13.7. The number of benzene rings is 1. The van der Waals surface area contributed by atoms with E-state index < -0.39 is 0 Å². The van der Waals surface area contributed by atoms with Gasteiger partial charge in [-0.3, -0.25) is 4.79 Å². The average Bonchev–Trinajstić information content (AvgIpc) is 2.48. The number of alkyl halides is 1. The molecule has 2 rings (SSSR count). The average molecular weight is 283 g/mol. The SMILES string of the molecule is COc1ccc(N2CCCCC2)c(NC(=O)CCl)c1. The van der Waals surface area contributed by atoms with E-state index in [1.54, 1.807) is 7.11 Å². The first-order valence-electron chi connectivity index (χ1n) is 6.53. The Morgan fingerprint density at radius 3 is 2.74 bits per heavy atom. The Bertz CT molecular complexity index is 445. The summed E-state index contributed by atoms with van der Waals surface area (Å²) in [6.07, 6.45) is 3.65. The van der Waals surface area contributed by atoms with Crippen molar-refractivity contribution in [3.63, 3.8) is 0 Å². The molecule has 0 spiro atoms.